The Balaban J connectivity index is 2.47. The SMILES string of the molecule is CNC(c1ccccc1I)c1cc(Br)sc1Br. The van der Waals surface area contributed by atoms with Crippen molar-refractivity contribution in [3.05, 3.63) is 52.6 Å². The first kappa shape index (κ1) is 14.0. The molecule has 0 aliphatic heterocycles. The highest BCUT2D eigenvalue weighted by atomic mass is 127. The van der Waals surface area contributed by atoms with Crippen molar-refractivity contribution in [2.75, 3.05) is 7.05 Å². The summed E-state index contributed by atoms with van der Waals surface area (Å²) in [6.07, 6.45) is 0. The number of nitrogens with one attached hydrogen (secondary N) is 1. The van der Waals surface area contributed by atoms with Gasteiger partial charge in [-0.1, -0.05) is 18.2 Å². The van der Waals surface area contributed by atoms with Crippen molar-refractivity contribution in [1.82, 2.24) is 5.32 Å². The van der Waals surface area contributed by atoms with Gasteiger partial charge >= 0.3 is 0 Å². The summed E-state index contributed by atoms with van der Waals surface area (Å²) >= 11 is 11.2. The summed E-state index contributed by atoms with van der Waals surface area (Å²) in [5.41, 5.74) is 2.58. The zero-order chi connectivity index (χ0) is 12.4. The van der Waals surface area contributed by atoms with Crippen molar-refractivity contribution in [2.24, 2.45) is 0 Å². The molecule has 2 rings (SSSR count). The van der Waals surface area contributed by atoms with Crippen LogP contribution in [0.1, 0.15) is 17.2 Å². The van der Waals surface area contributed by atoms with E-state index in [0.29, 0.717) is 0 Å². The van der Waals surface area contributed by atoms with Crippen molar-refractivity contribution in [3.63, 3.8) is 0 Å². The van der Waals surface area contributed by atoms with Gasteiger partial charge in [-0.2, -0.15) is 0 Å². The van der Waals surface area contributed by atoms with E-state index < -0.39 is 0 Å². The summed E-state index contributed by atoms with van der Waals surface area (Å²) in [5.74, 6) is 0. The fraction of sp³-hybridized carbons (Fsp3) is 0.167. The second kappa shape index (κ2) is 6.14. The predicted molar refractivity (Wildman–Crippen MR) is 89.8 cm³/mol. The smallest absolute Gasteiger partial charge is 0.0761 e. The molecule has 1 aromatic heterocycles. The second-order valence-corrected chi connectivity index (χ2v) is 8.43. The molecule has 1 nitrogen and oxygen atoms in total. The monoisotopic (exact) mass is 485 g/mol. The van der Waals surface area contributed by atoms with Gasteiger partial charge in [-0.05, 0) is 84.8 Å². The fourth-order valence-corrected chi connectivity index (χ4v) is 5.34. The van der Waals surface area contributed by atoms with Gasteiger partial charge < -0.3 is 5.32 Å². The minimum atomic E-state index is 0.222. The van der Waals surface area contributed by atoms with Crippen LogP contribution >= 0.6 is 65.8 Å². The number of hydrogen-bond acceptors (Lipinski definition) is 2. The third-order valence-corrected chi connectivity index (χ3v) is 5.87. The Bertz CT molecular complexity index is 527. The van der Waals surface area contributed by atoms with Crippen LogP contribution in [0.5, 0.6) is 0 Å². The Morgan fingerprint density at radius 2 is 1.94 bits per heavy atom. The van der Waals surface area contributed by atoms with Crippen LogP contribution in [0.25, 0.3) is 0 Å². The summed E-state index contributed by atoms with van der Waals surface area (Å²) in [7, 11) is 1.99. The van der Waals surface area contributed by atoms with Crippen LogP contribution in [-0.2, 0) is 0 Å². The lowest BCUT2D eigenvalue weighted by Crippen LogP contribution is -2.18. The number of rotatable bonds is 3. The van der Waals surface area contributed by atoms with E-state index in [2.05, 4.69) is 90.1 Å². The molecule has 0 bridgehead atoms. The standard InChI is InChI=1S/C12H10Br2INS/c1-16-11(7-4-2-3-5-9(7)15)8-6-10(13)17-12(8)14/h2-6,11,16H,1H3. The fourth-order valence-electron chi connectivity index (χ4n) is 1.74. The van der Waals surface area contributed by atoms with E-state index >= 15 is 0 Å². The average Bonchev–Trinajstić information content (AvgIpc) is 2.62. The molecule has 1 aromatic carbocycles. The molecule has 0 saturated carbocycles. The minimum absolute atomic E-state index is 0.222. The van der Waals surface area contributed by atoms with Crippen LogP contribution in [0, 0.1) is 3.57 Å². The Morgan fingerprint density at radius 3 is 2.47 bits per heavy atom. The topological polar surface area (TPSA) is 12.0 Å². The molecule has 1 unspecified atom stereocenters. The minimum Gasteiger partial charge on any atom is -0.309 e. The zero-order valence-electron chi connectivity index (χ0n) is 9.01. The van der Waals surface area contributed by atoms with E-state index in [1.54, 1.807) is 11.3 Å². The summed E-state index contributed by atoms with van der Waals surface area (Å²) in [5, 5.41) is 3.38. The molecule has 1 N–H and O–H groups in total. The van der Waals surface area contributed by atoms with Crippen LogP contribution in [0.15, 0.2) is 37.9 Å². The van der Waals surface area contributed by atoms with Crippen LogP contribution < -0.4 is 5.32 Å². The first-order valence-corrected chi connectivity index (χ1v) is 8.48. The molecule has 0 aliphatic rings. The van der Waals surface area contributed by atoms with Gasteiger partial charge in [0.2, 0.25) is 0 Å². The van der Waals surface area contributed by atoms with Gasteiger partial charge in [0, 0.05) is 3.57 Å². The quantitative estimate of drug-likeness (QED) is 0.589. The van der Waals surface area contributed by atoms with Gasteiger partial charge in [0.15, 0.2) is 0 Å². The zero-order valence-corrected chi connectivity index (χ0v) is 15.2. The van der Waals surface area contributed by atoms with Gasteiger partial charge in [-0.25, -0.2) is 0 Å². The van der Waals surface area contributed by atoms with Crippen molar-refractivity contribution < 1.29 is 0 Å². The predicted octanol–water partition coefficient (Wildman–Crippen LogP) is 5.19. The van der Waals surface area contributed by atoms with Gasteiger partial charge in [-0.3, -0.25) is 0 Å². The molecule has 0 saturated heterocycles. The van der Waals surface area contributed by atoms with Gasteiger partial charge in [0.1, 0.15) is 0 Å². The molecule has 90 valence electrons. The summed E-state index contributed by atoms with van der Waals surface area (Å²) in [4.78, 5) is 0. The highest BCUT2D eigenvalue weighted by Gasteiger charge is 2.19. The van der Waals surface area contributed by atoms with E-state index in [1.165, 1.54) is 18.5 Å². The summed E-state index contributed by atoms with van der Waals surface area (Å²) < 4.78 is 3.59. The normalized spacial score (nSPS) is 12.7. The molecular formula is C12H10Br2INS. The molecule has 1 heterocycles. The van der Waals surface area contributed by atoms with Gasteiger partial charge in [-0.15, -0.1) is 11.3 Å². The number of hydrogen-bond donors (Lipinski definition) is 1. The van der Waals surface area contributed by atoms with Crippen molar-refractivity contribution >= 4 is 65.8 Å². The molecule has 17 heavy (non-hydrogen) atoms. The van der Waals surface area contributed by atoms with Gasteiger partial charge in [0.05, 0.1) is 13.6 Å². The number of thiophene rings is 1. The van der Waals surface area contributed by atoms with E-state index in [1.807, 2.05) is 7.05 Å². The molecule has 0 amide bonds. The van der Waals surface area contributed by atoms with E-state index in [-0.39, 0.29) is 6.04 Å². The average molecular weight is 487 g/mol. The van der Waals surface area contributed by atoms with Gasteiger partial charge in [0.25, 0.3) is 0 Å². The van der Waals surface area contributed by atoms with Crippen LogP contribution in [0.2, 0.25) is 0 Å². The molecule has 2 aromatic rings. The summed E-state index contributed by atoms with van der Waals surface area (Å²) in [6.45, 7) is 0. The molecule has 0 aliphatic carbocycles. The Kier molecular flexibility index (Phi) is 5.06. The number of benzene rings is 1. The molecular weight excluding hydrogens is 477 g/mol. The first-order chi connectivity index (χ1) is 8.13. The maximum absolute atomic E-state index is 3.63. The summed E-state index contributed by atoms with van der Waals surface area (Å²) in [6, 6.07) is 10.8. The highest BCUT2D eigenvalue weighted by Crippen LogP contribution is 2.38. The Morgan fingerprint density at radius 1 is 1.24 bits per heavy atom. The maximum atomic E-state index is 3.63. The van der Waals surface area contributed by atoms with Crippen LogP contribution in [0.4, 0.5) is 0 Å². The first-order valence-electron chi connectivity index (χ1n) is 5.00. The van der Waals surface area contributed by atoms with E-state index in [4.69, 9.17) is 0 Å². The lowest BCUT2D eigenvalue weighted by Gasteiger charge is -2.17. The molecule has 0 fully saturated rings. The van der Waals surface area contributed by atoms with E-state index in [9.17, 15) is 0 Å². The van der Waals surface area contributed by atoms with Crippen LogP contribution in [-0.4, -0.2) is 7.05 Å². The van der Waals surface area contributed by atoms with E-state index in [0.717, 1.165) is 3.79 Å². The molecule has 0 spiro atoms. The lowest BCUT2D eigenvalue weighted by atomic mass is 10.0. The van der Waals surface area contributed by atoms with Crippen molar-refractivity contribution in [2.45, 2.75) is 6.04 Å². The third kappa shape index (κ3) is 3.12. The molecule has 1 atom stereocenters. The Labute approximate surface area is 135 Å². The second-order valence-electron chi connectivity index (χ2n) is 3.52. The number of halogens is 3. The van der Waals surface area contributed by atoms with Crippen molar-refractivity contribution in [3.8, 4) is 0 Å². The maximum Gasteiger partial charge on any atom is 0.0761 e. The lowest BCUT2D eigenvalue weighted by molar-refractivity contribution is 0.688. The molecule has 0 radical (unpaired) electrons. The third-order valence-electron chi connectivity index (χ3n) is 2.50. The Hall–Kier alpha value is 0.570. The highest BCUT2D eigenvalue weighted by molar-refractivity contribution is 14.1. The van der Waals surface area contributed by atoms with Crippen molar-refractivity contribution in [1.29, 1.82) is 0 Å². The van der Waals surface area contributed by atoms with Crippen LogP contribution in [0.3, 0.4) is 0 Å². The largest absolute Gasteiger partial charge is 0.309 e. The molecule has 5 heteroatoms.